The Morgan fingerprint density at radius 2 is 1.67 bits per heavy atom. The van der Waals surface area contributed by atoms with E-state index in [1.54, 1.807) is 29.3 Å². The third-order valence-electron chi connectivity index (χ3n) is 2.36. The minimum absolute atomic E-state index is 0.351. The van der Waals surface area contributed by atoms with Crippen LogP contribution in [0.1, 0.15) is 15.9 Å². The fraction of sp³-hybridized carbons (Fsp3) is 0. The van der Waals surface area contributed by atoms with Gasteiger partial charge in [0.2, 0.25) is 0 Å². The highest BCUT2D eigenvalue weighted by Crippen LogP contribution is 2.13. The molecule has 0 aromatic heterocycles. The van der Waals surface area contributed by atoms with Gasteiger partial charge in [0, 0.05) is 0 Å². The van der Waals surface area contributed by atoms with Crippen LogP contribution in [0.4, 0.5) is 0 Å². The summed E-state index contributed by atoms with van der Waals surface area (Å²) >= 11 is 3.21. The van der Waals surface area contributed by atoms with Gasteiger partial charge in [-0.2, -0.15) is 0 Å². The highest BCUT2D eigenvalue weighted by atomic mass is 79.9. The van der Waals surface area contributed by atoms with Gasteiger partial charge in [-0.1, -0.05) is 46.3 Å². The minimum atomic E-state index is -0.351. The molecular formula is C15H11BrO2. The molecule has 2 aromatic rings. The van der Waals surface area contributed by atoms with Crippen molar-refractivity contribution >= 4 is 28.0 Å². The summed E-state index contributed by atoms with van der Waals surface area (Å²) < 4.78 is 5.23. The summed E-state index contributed by atoms with van der Waals surface area (Å²) in [7, 11) is 0. The van der Waals surface area contributed by atoms with Crippen molar-refractivity contribution in [3.8, 4) is 5.75 Å². The van der Waals surface area contributed by atoms with E-state index in [4.69, 9.17) is 4.74 Å². The zero-order valence-electron chi connectivity index (χ0n) is 9.55. The van der Waals surface area contributed by atoms with Gasteiger partial charge in [-0.25, -0.2) is 4.79 Å². The fourth-order valence-corrected chi connectivity index (χ4v) is 1.76. The standard InChI is InChI=1S/C15H11BrO2/c16-11-10-12-6-8-13(9-7-12)15(17)18-14-4-2-1-3-5-14/h1-11H/b11-10-. The molecule has 0 aliphatic heterocycles. The molecule has 0 unspecified atom stereocenters. The van der Waals surface area contributed by atoms with Crippen LogP contribution in [0.2, 0.25) is 0 Å². The van der Waals surface area contributed by atoms with Gasteiger partial charge in [-0.05, 0) is 40.9 Å². The van der Waals surface area contributed by atoms with Crippen molar-refractivity contribution in [2.24, 2.45) is 0 Å². The molecule has 0 radical (unpaired) electrons. The average Bonchev–Trinajstić information content (AvgIpc) is 2.41. The van der Waals surface area contributed by atoms with Crippen LogP contribution in [0, 0.1) is 0 Å². The summed E-state index contributed by atoms with van der Waals surface area (Å²) in [5.41, 5.74) is 1.55. The molecule has 0 aliphatic carbocycles. The van der Waals surface area contributed by atoms with E-state index in [0.29, 0.717) is 11.3 Å². The van der Waals surface area contributed by atoms with Crippen molar-refractivity contribution in [2.75, 3.05) is 0 Å². The summed E-state index contributed by atoms with van der Waals surface area (Å²) in [5.74, 6) is 0.197. The number of carbonyl (C=O) groups excluding carboxylic acids is 1. The van der Waals surface area contributed by atoms with E-state index in [-0.39, 0.29) is 5.97 Å². The van der Waals surface area contributed by atoms with Crippen LogP contribution >= 0.6 is 15.9 Å². The molecule has 0 spiro atoms. The zero-order valence-corrected chi connectivity index (χ0v) is 11.1. The number of para-hydroxylation sites is 1. The number of hydrogen-bond donors (Lipinski definition) is 0. The molecule has 3 heteroatoms. The van der Waals surface area contributed by atoms with Gasteiger partial charge < -0.3 is 4.74 Å². The van der Waals surface area contributed by atoms with Crippen molar-refractivity contribution < 1.29 is 9.53 Å². The largest absolute Gasteiger partial charge is 0.423 e. The molecule has 2 rings (SSSR count). The van der Waals surface area contributed by atoms with Crippen LogP contribution in [0.25, 0.3) is 6.08 Å². The first-order chi connectivity index (χ1) is 8.79. The first-order valence-electron chi connectivity index (χ1n) is 5.43. The molecule has 0 fully saturated rings. The second kappa shape index (κ2) is 6.17. The second-order valence-corrected chi connectivity index (χ2v) is 4.15. The number of rotatable bonds is 3. The summed E-state index contributed by atoms with van der Waals surface area (Å²) in [5, 5.41) is 0. The van der Waals surface area contributed by atoms with Crippen molar-refractivity contribution in [3.63, 3.8) is 0 Å². The normalized spacial score (nSPS) is 10.5. The van der Waals surface area contributed by atoms with Crippen molar-refractivity contribution in [3.05, 3.63) is 70.7 Å². The predicted octanol–water partition coefficient (Wildman–Crippen LogP) is 4.27. The van der Waals surface area contributed by atoms with Crippen LogP contribution in [0.15, 0.2) is 59.6 Å². The third kappa shape index (κ3) is 3.31. The molecule has 0 amide bonds. The third-order valence-corrected chi connectivity index (χ3v) is 2.62. The molecule has 18 heavy (non-hydrogen) atoms. The smallest absolute Gasteiger partial charge is 0.343 e. The number of halogens is 1. The summed E-state index contributed by atoms with van der Waals surface area (Å²) in [4.78, 5) is 13.6. The average molecular weight is 303 g/mol. The topological polar surface area (TPSA) is 26.3 Å². The summed E-state index contributed by atoms with van der Waals surface area (Å²) in [6, 6.07) is 16.2. The summed E-state index contributed by atoms with van der Waals surface area (Å²) in [6.45, 7) is 0. The van der Waals surface area contributed by atoms with Gasteiger partial charge in [0.15, 0.2) is 0 Å². The Labute approximate surface area is 114 Å². The van der Waals surface area contributed by atoms with Crippen LogP contribution in [-0.2, 0) is 0 Å². The van der Waals surface area contributed by atoms with E-state index in [1.165, 1.54) is 0 Å². The molecule has 0 bridgehead atoms. The molecule has 0 atom stereocenters. The van der Waals surface area contributed by atoms with Gasteiger partial charge in [-0.3, -0.25) is 0 Å². The van der Waals surface area contributed by atoms with Crippen LogP contribution < -0.4 is 4.74 Å². The maximum atomic E-state index is 11.8. The number of esters is 1. The fourth-order valence-electron chi connectivity index (χ4n) is 1.46. The van der Waals surface area contributed by atoms with Crippen LogP contribution in [-0.4, -0.2) is 5.97 Å². The molecule has 0 N–H and O–H groups in total. The molecule has 0 aliphatic rings. The van der Waals surface area contributed by atoms with Gasteiger partial charge in [0.25, 0.3) is 0 Å². The first-order valence-corrected chi connectivity index (χ1v) is 6.35. The molecular weight excluding hydrogens is 292 g/mol. The minimum Gasteiger partial charge on any atom is -0.423 e. The SMILES string of the molecule is O=C(Oc1ccccc1)c1ccc(/C=C\Br)cc1. The van der Waals surface area contributed by atoms with Crippen LogP contribution in [0.5, 0.6) is 5.75 Å². The van der Waals surface area contributed by atoms with Crippen molar-refractivity contribution in [2.45, 2.75) is 0 Å². The molecule has 90 valence electrons. The van der Waals surface area contributed by atoms with Crippen LogP contribution in [0.3, 0.4) is 0 Å². The first kappa shape index (κ1) is 12.6. The molecule has 0 saturated heterocycles. The van der Waals surface area contributed by atoms with Gasteiger partial charge in [-0.15, -0.1) is 0 Å². The van der Waals surface area contributed by atoms with E-state index in [9.17, 15) is 4.79 Å². The van der Waals surface area contributed by atoms with Gasteiger partial charge >= 0.3 is 5.97 Å². The number of benzene rings is 2. The lowest BCUT2D eigenvalue weighted by molar-refractivity contribution is 0.0735. The number of hydrogen-bond acceptors (Lipinski definition) is 2. The monoisotopic (exact) mass is 302 g/mol. The van der Waals surface area contributed by atoms with E-state index in [1.807, 2.05) is 36.4 Å². The Hall–Kier alpha value is -1.87. The van der Waals surface area contributed by atoms with E-state index < -0.39 is 0 Å². The lowest BCUT2D eigenvalue weighted by Crippen LogP contribution is -2.08. The Bertz CT molecular complexity index is 544. The highest BCUT2D eigenvalue weighted by Gasteiger charge is 2.07. The Balaban J connectivity index is 2.09. The highest BCUT2D eigenvalue weighted by molar-refractivity contribution is 9.11. The van der Waals surface area contributed by atoms with Gasteiger partial charge in [0.1, 0.15) is 5.75 Å². The lowest BCUT2D eigenvalue weighted by atomic mass is 10.1. The second-order valence-electron chi connectivity index (χ2n) is 3.62. The number of carbonyl (C=O) groups is 1. The zero-order chi connectivity index (χ0) is 12.8. The molecule has 0 saturated carbocycles. The maximum Gasteiger partial charge on any atom is 0.343 e. The van der Waals surface area contributed by atoms with Crippen molar-refractivity contribution in [1.82, 2.24) is 0 Å². The molecule has 2 aromatic carbocycles. The maximum absolute atomic E-state index is 11.8. The van der Waals surface area contributed by atoms with E-state index in [0.717, 1.165) is 5.56 Å². The summed E-state index contributed by atoms with van der Waals surface area (Å²) in [6.07, 6.45) is 1.90. The Morgan fingerprint density at radius 3 is 2.28 bits per heavy atom. The number of ether oxygens (including phenoxy) is 1. The van der Waals surface area contributed by atoms with E-state index >= 15 is 0 Å². The quantitative estimate of drug-likeness (QED) is 0.625. The predicted molar refractivity (Wildman–Crippen MR) is 75.8 cm³/mol. The van der Waals surface area contributed by atoms with E-state index in [2.05, 4.69) is 15.9 Å². The Kier molecular flexibility index (Phi) is 4.31. The lowest BCUT2D eigenvalue weighted by Gasteiger charge is -2.04. The molecule has 0 heterocycles. The molecule has 2 nitrogen and oxygen atoms in total. The van der Waals surface area contributed by atoms with Crippen molar-refractivity contribution in [1.29, 1.82) is 0 Å². The van der Waals surface area contributed by atoms with Gasteiger partial charge in [0.05, 0.1) is 5.56 Å². The Morgan fingerprint density at radius 1 is 1.00 bits per heavy atom.